The number of carbonyl (C=O) groups is 2. The molecule has 2 amide bonds. The highest BCUT2D eigenvalue weighted by molar-refractivity contribution is 5.95. The predicted molar refractivity (Wildman–Crippen MR) is 78.5 cm³/mol. The van der Waals surface area contributed by atoms with Gasteiger partial charge in [-0.05, 0) is 25.1 Å². The number of amides is 2. The normalized spacial score (nSPS) is 11.8. The van der Waals surface area contributed by atoms with Gasteiger partial charge in [-0.1, -0.05) is 6.07 Å². The van der Waals surface area contributed by atoms with Crippen molar-refractivity contribution in [3.63, 3.8) is 0 Å². The molecule has 0 saturated carbocycles. The van der Waals surface area contributed by atoms with E-state index in [-0.39, 0.29) is 17.9 Å². The number of halogens is 2. The van der Waals surface area contributed by atoms with Gasteiger partial charge in [0.15, 0.2) is 5.76 Å². The maximum absolute atomic E-state index is 13.6. The molecule has 2 rings (SSSR count). The number of nitrogens with zero attached hydrogens (tertiary/aromatic N) is 1. The van der Waals surface area contributed by atoms with Gasteiger partial charge in [0.1, 0.15) is 17.7 Å². The Morgan fingerprint density at radius 2 is 2.04 bits per heavy atom. The molecule has 1 unspecified atom stereocenters. The van der Waals surface area contributed by atoms with Crippen LogP contribution in [0, 0.1) is 11.6 Å². The van der Waals surface area contributed by atoms with E-state index in [0.717, 1.165) is 12.1 Å². The largest absolute Gasteiger partial charge is 0.459 e. The van der Waals surface area contributed by atoms with Gasteiger partial charge >= 0.3 is 0 Å². The standard InChI is InChI=1S/C16H16F2N2O3/c1-10(19-15(21)14-4-3-7-23-14)16(22)20(2)9-11-5-6-12(17)8-13(11)18/h3-8,10H,9H2,1-2H3,(H,19,21). The molecular formula is C16H16F2N2O3. The first-order valence-electron chi connectivity index (χ1n) is 6.91. The van der Waals surface area contributed by atoms with Crippen LogP contribution >= 0.6 is 0 Å². The molecule has 0 aliphatic rings. The highest BCUT2D eigenvalue weighted by atomic mass is 19.1. The third-order valence-corrected chi connectivity index (χ3v) is 3.26. The quantitative estimate of drug-likeness (QED) is 0.919. The smallest absolute Gasteiger partial charge is 0.287 e. The number of likely N-dealkylation sites (N-methyl/N-ethyl adjacent to an activating group) is 1. The van der Waals surface area contributed by atoms with Gasteiger partial charge in [0, 0.05) is 25.2 Å². The molecule has 5 nitrogen and oxygen atoms in total. The van der Waals surface area contributed by atoms with Gasteiger partial charge in [0.25, 0.3) is 5.91 Å². The Bertz CT molecular complexity index is 701. The maximum Gasteiger partial charge on any atom is 0.287 e. The number of rotatable bonds is 5. The van der Waals surface area contributed by atoms with Gasteiger partial charge < -0.3 is 14.6 Å². The summed E-state index contributed by atoms with van der Waals surface area (Å²) in [5, 5.41) is 2.49. The van der Waals surface area contributed by atoms with Crippen LogP contribution in [-0.4, -0.2) is 29.8 Å². The molecule has 122 valence electrons. The minimum Gasteiger partial charge on any atom is -0.459 e. The molecule has 1 heterocycles. The second-order valence-corrected chi connectivity index (χ2v) is 5.10. The zero-order valence-corrected chi connectivity index (χ0v) is 12.7. The van der Waals surface area contributed by atoms with E-state index >= 15 is 0 Å². The molecule has 1 atom stereocenters. The second-order valence-electron chi connectivity index (χ2n) is 5.10. The zero-order valence-electron chi connectivity index (χ0n) is 12.7. The van der Waals surface area contributed by atoms with Crippen molar-refractivity contribution in [3.05, 3.63) is 59.6 Å². The minimum atomic E-state index is -0.818. The van der Waals surface area contributed by atoms with Crippen LogP contribution in [0.1, 0.15) is 23.0 Å². The summed E-state index contributed by atoms with van der Waals surface area (Å²) >= 11 is 0. The van der Waals surface area contributed by atoms with Gasteiger partial charge in [0.2, 0.25) is 5.91 Å². The summed E-state index contributed by atoms with van der Waals surface area (Å²) < 4.78 is 31.4. The predicted octanol–water partition coefficient (Wildman–Crippen LogP) is 2.33. The zero-order chi connectivity index (χ0) is 17.0. The fourth-order valence-corrected chi connectivity index (χ4v) is 2.05. The topological polar surface area (TPSA) is 62.6 Å². The molecule has 7 heteroatoms. The first-order valence-corrected chi connectivity index (χ1v) is 6.91. The van der Waals surface area contributed by atoms with Gasteiger partial charge in [-0.2, -0.15) is 0 Å². The molecule has 2 aromatic rings. The van der Waals surface area contributed by atoms with E-state index in [0.29, 0.717) is 0 Å². The minimum absolute atomic E-state index is 0.0358. The lowest BCUT2D eigenvalue weighted by Crippen LogP contribution is -2.45. The molecular weight excluding hydrogens is 306 g/mol. The van der Waals surface area contributed by atoms with Crippen LogP contribution in [0.25, 0.3) is 0 Å². The number of hydrogen-bond acceptors (Lipinski definition) is 3. The van der Waals surface area contributed by atoms with Crippen LogP contribution in [0.4, 0.5) is 8.78 Å². The Balaban J connectivity index is 1.97. The highest BCUT2D eigenvalue weighted by Crippen LogP contribution is 2.12. The fraction of sp³-hybridized carbons (Fsp3) is 0.250. The number of nitrogens with one attached hydrogen (secondary N) is 1. The Labute approximate surface area is 131 Å². The Morgan fingerprint density at radius 1 is 1.30 bits per heavy atom. The number of benzene rings is 1. The Kier molecular flexibility index (Phi) is 5.10. The molecule has 0 fully saturated rings. The maximum atomic E-state index is 13.6. The molecule has 0 radical (unpaired) electrons. The van der Waals surface area contributed by atoms with Crippen molar-refractivity contribution in [3.8, 4) is 0 Å². The lowest BCUT2D eigenvalue weighted by Gasteiger charge is -2.22. The lowest BCUT2D eigenvalue weighted by molar-refractivity contribution is -0.132. The van der Waals surface area contributed by atoms with E-state index in [1.807, 2.05) is 0 Å². The van der Waals surface area contributed by atoms with Crippen LogP contribution in [0.15, 0.2) is 41.0 Å². The first-order chi connectivity index (χ1) is 10.9. The average molecular weight is 322 g/mol. The second kappa shape index (κ2) is 7.04. The van der Waals surface area contributed by atoms with E-state index < -0.39 is 29.5 Å². The van der Waals surface area contributed by atoms with Crippen LogP contribution in [-0.2, 0) is 11.3 Å². The summed E-state index contributed by atoms with van der Waals surface area (Å²) in [5.41, 5.74) is 0.187. The third kappa shape index (κ3) is 4.15. The van der Waals surface area contributed by atoms with Gasteiger partial charge in [-0.25, -0.2) is 8.78 Å². The van der Waals surface area contributed by atoms with Crippen LogP contribution < -0.4 is 5.32 Å². The Morgan fingerprint density at radius 3 is 2.65 bits per heavy atom. The summed E-state index contributed by atoms with van der Waals surface area (Å²) in [6.07, 6.45) is 1.35. The Hall–Kier alpha value is -2.70. The molecule has 1 N–H and O–H groups in total. The van der Waals surface area contributed by atoms with E-state index in [9.17, 15) is 18.4 Å². The molecule has 1 aromatic carbocycles. The highest BCUT2D eigenvalue weighted by Gasteiger charge is 2.22. The SMILES string of the molecule is CC(NC(=O)c1ccco1)C(=O)N(C)Cc1ccc(F)cc1F. The summed E-state index contributed by atoms with van der Waals surface area (Å²) in [5.74, 6) is -2.24. The van der Waals surface area contributed by atoms with Crippen molar-refractivity contribution in [1.29, 1.82) is 0 Å². The van der Waals surface area contributed by atoms with Crippen molar-refractivity contribution in [2.75, 3.05) is 7.05 Å². The molecule has 1 aromatic heterocycles. The summed E-state index contributed by atoms with van der Waals surface area (Å²) in [6.45, 7) is 1.48. The van der Waals surface area contributed by atoms with Crippen molar-refractivity contribution in [2.24, 2.45) is 0 Å². The lowest BCUT2D eigenvalue weighted by atomic mass is 10.2. The summed E-state index contributed by atoms with van der Waals surface area (Å²) in [6, 6.07) is 5.38. The summed E-state index contributed by atoms with van der Waals surface area (Å²) in [7, 11) is 1.47. The molecule has 0 saturated heterocycles. The van der Waals surface area contributed by atoms with Crippen LogP contribution in [0.5, 0.6) is 0 Å². The molecule has 23 heavy (non-hydrogen) atoms. The molecule has 0 bridgehead atoms. The van der Waals surface area contributed by atoms with E-state index in [4.69, 9.17) is 4.42 Å². The molecule has 0 aliphatic heterocycles. The van der Waals surface area contributed by atoms with E-state index in [1.165, 1.54) is 37.3 Å². The van der Waals surface area contributed by atoms with Crippen molar-refractivity contribution >= 4 is 11.8 Å². The van der Waals surface area contributed by atoms with Crippen LogP contribution in [0.3, 0.4) is 0 Å². The fourth-order valence-electron chi connectivity index (χ4n) is 2.05. The number of hydrogen-bond donors (Lipinski definition) is 1. The van der Waals surface area contributed by atoms with Gasteiger partial charge in [0.05, 0.1) is 6.26 Å². The molecule has 0 aliphatic carbocycles. The van der Waals surface area contributed by atoms with Gasteiger partial charge in [-0.15, -0.1) is 0 Å². The average Bonchev–Trinajstić information content (AvgIpc) is 3.03. The first kappa shape index (κ1) is 16.7. The number of furan rings is 1. The third-order valence-electron chi connectivity index (χ3n) is 3.26. The van der Waals surface area contributed by atoms with Crippen molar-refractivity contribution in [1.82, 2.24) is 10.2 Å². The molecule has 0 spiro atoms. The van der Waals surface area contributed by atoms with Crippen LogP contribution in [0.2, 0.25) is 0 Å². The summed E-state index contributed by atoms with van der Waals surface area (Å²) in [4.78, 5) is 25.3. The number of carbonyl (C=O) groups excluding carboxylic acids is 2. The van der Waals surface area contributed by atoms with Gasteiger partial charge in [-0.3, -0.25) is 9.59 Å². The monoisotopic (exact) mass is 322 g/mol. The van der Waals surface area contributed by atoms with Crippen molar-refractivity contribution in [2.45, 2.75) is 19.5 Å². The van der Waals surface area contributed by atoms with E-state index in [2.05, 4.69) is 5.32 Å². The van der Waals surface area contributed by atoms with E-state index in [1.54, 1.807) is 6.07 Å². The van der Waals surface area contributed by atoms with Crippen molar-refractivity contribution < 1.29 is 22.8 Å².